The van der Waals surface area contributed by atoms with Gasteiger partial charge in [-0.1, -0.05) is 88.6 Å². The van der Waals surface area contributed by atoms with Gasteiger partial charge in [0.2, 0.25) is 6.41 Å². The van der Waals surface area contributed by atoms with Gasteiger partial charge in [-0.05, 0) is 127 Å². The lowest BCUT2D eigenvalue weighted by Gasteiger charge is -2.31. The number of epoxide rings is 1. The van der Waals surface area contributed by atoms with E-state index in [9.17, 15) is 28.8 Å². The Morgan fingerprint density at radius 2 is 0.947 bits per heavy atom. The lowest BCUT2D eigenvalue weighted by molar-refractivity contribution is -0.105. The molecule has 3 aromatic carbocycles. The van der Waals surface area contributed by atoms with Crippen LogP contribution in [0.5, 0.6) is 0 Å². The van der Waals surface area contributed by atoms with E-state index in [0.29, 0.717) is 70.7 Å². The summed E-state index contributed by atoms with van der Waals surface area (Å²) >= 11 is 0. The molecule has 1 fully saturated rings. The topological polar surface area (TPSA) is 280 Å². The third kappa shape index (κ3) is 27.2. The van der Waals surface area contributed by atoms with Crippen LogP contribution in [0.1, 0.15) is 124 Å². The van der Waals surface area contributed by atoms with E-state index >= 15 is 0 Å². The minimum atomic E-state index is -1.26. The molecular formula is C53H79N9O13. The van der Waals surface area contributed by atoms with Crippen molar-refractivity contribution < 1.29 is 62.2 Å². The van der Waals surface area contributed by atoms with Crippen LogP contribution in [0.25, 0.3) is 0 Å². The van der Waals surface area contributed by atoms with Crippen molar-refractivity contribution in [3.05, 3.63) is 71.3 Å². The van der Waals surface area contributed by atoms with E-state index in [1.807, 2.05) is 41.5 Å². The van der Waals surface area contributed by atoms with Crippen LogP contribution in [0.4, 0.5) is 58.1 Å². The van der Waals surface area contributed by atoms with E-state index in [1.165, 1.54) is 25.0 Å². The third-order valence-electron chi connectivity index (χ3n) is 10.8. The lowest BCUT2D eigenvalue weighted by Crippen LogP contribution is -2.40. The Balaban J connectivity index is 0.00000162. The number of carbonyl (C=O) groups excluding carboxylic acids is 6. The quantitative estimate of drug-likeness (QED) is 0.0137. The average molecular weight is 1050 g/mol. The molecule has 0 aromatic heterocycles. The number of nitrogens with zero attached hydrogens (tertiary/aromatic N) is 3. The molecule has 22 nitrogen and oxygen atoms in total. The second-order valence-corrected chi connectivity index (χ2v) is 16.8. The molecule has 1 atom stereocenters. The van der Waals surface area contributed by atoms with E-state index in [2.05, 4.69) is 59.1 Å². The number of benzene rings is 3. The molecular weight excluding hydrogens is 971 g/mol. The number of oxime groups is 3. The minimum absolute atomic E-state index is 0.195. The number of nitrogens with one attached hydrogen (secondary N) is 6. The van der Waals surface area contributed by atoms with Crippen molar-refractivity contribution in [1.29, 1.82) is 0 Å². The molecule has 0 bridgehead atoms. The van der Waals surface area contributed by atoms with Gasteiger partial charge in [0.25, 0.3) is 0 Å². The summed E-state index contributed by atoms with van der Waals surface area (Å²) in [5.74, 6) is 0. The van der Waals surface area contributed by atoms with Crippen molar-refractivity contribution >= 4 is 88.1 Å². The Kier molecular flexibility index (Phi) is 31.5. The normalized spacial score (nSPS) is 13.3. The monoisotopic (exact) mass is 1050 g/mol. The van der Waals surface area contributed by atoms with E-state index in [4.69, 9.17) is 28.6 Å². The number of rotatable bonds is 22. The van der Waals surface area contributed by atoms with Crippen molar-refractivity contribution in [2.24, 2.45) is 20.9 Å². The largest absolute Gasteiger partial charge is 0.448 e. The molecule has 1 aliphatic rings. The molecule has 0 spiro atoms. The van der Waals surface area contributed by atoms with Crippen molar-refractivity contribution in [2.45, 2.75) is 135 Å². The van der Waals surface area contributed by atoms with Crippen LogP contribution in [0.15, 0.2) is 70.1 Å². The molecule has 0 saturated carbocycles. The number of aryl methyl sites for hydroxylation is 3. The van der Waals surface area contributed by atoms with Gasteiger partial charge in [0.1, 0.15) is 26.9 Å². The van der Waals surface area contributed by atoms with Gasteiger partial charge < -0.3 is 29.1 Å². The first-order valence-corrected chi connectivity index (χ1v) is 24.9. The summed E-state index contributed by atoms with van der Waals surface area (Å²) < 4.78 is 21.7. The van der Waals surface area contributed by atoms with Gasteiger partial charge >= 0.3 is 30.5 Å². The van der Waals surface area contributed by atoms with Crippen molar-refractivity contribution in [1.82, 2.24) is 0 Å². The number of hydrogen-bond acceptors (Lipinski definition) is 16. The van der Waals surface area contributed by atoms with Gasteiger partial charge in [0, 0.05) is 34.1 Å². The highest BCUT2D eigenvalue weighted by molar-refractivity contribution is 5.92. The average Bonchev–Trinajstić information content (AvgIpc) is 4.23. The zero-order valence-electron chi connectivity index (χ0n) is 46.1. The zero-order valence-corrected chi connectivity index (χ0v) is 46.1. The van der Waals surface area contributed by atoms with Gasteiger partial charge in [-0.25, -0.2) is 24.0 Å². The summed E-state index contributed by atoms with van der Waals surface area (Å²) in [6.07, 6.45) is 1.75. The molecule has 4 rings (SSSR count). The molecule has 1 saturated heterocycles. The van der Waals surface area contributed by atoms with Crippen LogP contribution >= 0.6 is 0 Å². The second-order valence-electron chi connectivity index (χ2n) is 16.8. The second kappa shape index (κ2) is 36.2. The maximum atomic E-state index is 13.1. The van der Waals surface area contributed by atoms with E-state index < -0.39 is 35.9 Å². The molecule has 1 aliphatic heterocycles. The summed E-state index contributed by atoms with van der Waals surface area (Å²) in [5.41, 5.74) is 5.17. The lowest BCUT2D eigenvalue weighted by atomic mass is 9.88. The first-order valence-electron chi connectivity index (χ1n) is 24.9. The van der Waals surface area contributed by atoms with E-state index in [0.717, 1.165) is 24.3 Å². The maximum absolute atomic E-state index is 13.1. The number of amides is 6. The predicted octanol–water partition coefficient (Wildman–Crippen LogP) is 12.9. The van der Waals surface area contributed by atoms with Gasteiger partial charge in [-0.15, -0.1) is 0 Å². The maximum Gasteiger partial charge on any atom is 0.437 e. The van der Waals surface area contributed by atoms with E-state index in [1.54, 1.807) is 91.1 Å². The Morgan fingerprint density at radius 1 is 0.587 bits per heavy atom. The van der Waals surface area contributed by atoms with Crippen LogP contribution in [0.2, 0.25) is 0 Å². The van der Waals surface area contributed by atoms with E-state index in [-0.39, 0.29) is 37.6 Å². The predicted molar refractivity (Wildman–Crippen MR) is 294 cm³/mol. The standard InChI is InChI=1S/C41H52N8O11.C5H11NO.C5H10O.C2H6/c1-9-28(7)48-59-39(54)46-34-19-31(16-13-26(34)5)44-37(52)57-22-41(11-3,21-56-36(51)43-30-15-12-25(4)33(18-30)42-24-50)23-58-38(53)45-32-17-14-27(6)35(20-32)47-40(55)60-49-29(8)10-2;1-4-5(2)6-7-3;1-2-3-5-4-6-5;1-2/h12-20,24H,9-11,21-23H2,1-8H3,(H,42,50)(H,43,51)(H,44,52)(H,45,53)(H,46,54)(H,47,55);4H2,1-3H3;5H,2-4H2,1H3;1-2H3/b48-28+,49-29+;6-5-;;. The molecule has 1 unspecified atom stereocenters. The molecule has 0 radical (unpaired) electrons. The minimum Gasteiger partial charge on any atom is -0.448 e. The highest BCUT2D eigenvalue weighted by Crippen LogP contribution is 2.28. The molecule has 414 valence electrons. The van der Waals surface area contributed by atoms with Crippen molar-refractivity contribution in [2.75, 3.05) is 65.4 Å². The number of ether oxygens (including phenoxy) is 4. The fourth-order valence-corrected chi connectivity index (χ4v) is 5.55. The smallest absolute Gasteiger partial charge is 0.437 e. The fourth-order valence-electron chi connectivity index (χ4n) is 5.55. The van der Waals surface area contributed by atoms with Gasteiger partial charge in [-0.3, -0.25) is 41.1 Å². The zero-order chi connectivity index (χ0) is 56.3. The Hall–Kier alpha value is -7.75. The molecule has 0 aliphatic carbocycles. The van der Waals surface area contributed by atoms with Crippen LogP contribution in [-0.2, 0) is 38.3 Å². The number of hydrogen-bond donors (Lipinski definition) is 6. The van der Waals surface area contributed by atoms with Gasteiger partial charge in [0.15, 0.2) is 0 Å². The van der Waals surface area contributed by atoms with Crippen molar-refractivity contribution in [3.8, 4) is 0 Å². The highest BCUT2D eigenvalue weighted by atomic mass is 16.7. The summed E-state index contributed by atoms with van der Waals surface area (Å²) in [4.78, 5) is 89.0. The van der Waals surface area contributed by atoms with Crippen LogP contribution in [0, 0.1) is 26.2 Å². The molecule has 6 N–H and O–H groups in total. The Bertz CT molecular complexity index is 2280. The SMILES string of the molecule is CC.CC/C(C)=N/OC(=O)Nc1cc(NC(=O)OCC(CC)(COC(=O)Nc2ccc(C)c(NC=O)c2)COC(=O)Nc2ccc(C)c(NC(=O)O/N=C(\C)CC)c2)ccc1C.CC/C(C)=N\OC.CCCC1CO1. The number of carbonyl (C=O) groups is 6. The summed E-state index contributed by atoms with van der Waals surface area (Å²) in [6, 6.07) is 14.4. The van der Waals surface area contributed by atoms with Crippen LogP contribution in [0.3, 0.4) is 0 Å². The van der Waals surface area contributed by atoms with Crippen LogP contribution in [-0.4, -0.2) is 93.7 Å². The summed E-state index contributed by atoms with van der Waals surface area (Å²) in [5, 5.41) is 26.6. The fraction of sp³-hybridized carbons (Fsp3) is 0.491. The Morgan fingerprint density at radius 3 is 1.24 bits per heavy atom. The van der Waals surface area contributed by atoms with Crippen molar-refractivity contribution in [3.63, 3.8) is 0 Å². The summed E-state index contributed by atoms with van der Waals surface area (Å²) in [6.45, 7) is 24.2. The van der Waals surface area contributed by atoms with Gasteiger partial charge in [0.05, 0.1) is 35.3 Å². The third-order valence-corrected chi connectivity index (χ3v) is 10.8. The molecule has 6 amide bonds. The molecule has 1 heterocycles. The first-order chi connectivity index (χ1) is 35.8. The highest BCUT2D eigenvalue weighted by Gasteiger charge is 2.35. The Labute approximate surface area is 441 Å². The van der Waals surface area contributed by atoms with Gasteiger partial charge in [-0.2, -0.15) is 0 Å². The first kappa shape index (κ1) is 65.3. The molecule has 3 aromatic rings. The number of anilines is 6. The summed E-state index contributed by atoms with van der Waals surface area (Å²) in [7, 11) is 1.55. The van der Waals surface area contributed by atoms with Crippen LogP contribution < -0.4 is 31.9 Å². The molecule has 22 heteroatoms. The molecule has 75 heavy (non-hydrogen) atoms.